The van der Waals surface area contributed by atoms with E-state index < -0.39 is 0 Å². The van der Waals surface area contributed by atoms with Crippen molar-refractivity contribution in [3.63, 3.8) is 0 Å². The molecule has 0 N–H and O–H groups in total. The van der Waals surface area contributed by atoms with Crippen LogP contribution in [0.1, 0.15) is 57.3 Å². The molecule has 124 valence electrons. The zero-order valence-electron chi connectivity index (χ0n) is 14.4. The number of benzene rings is 1. The van der Waals surface area contributed by atoms with E-state index in [0.29, 0.717) is 11.3 Å². The van der Waals surface area contributed by atoms with Crippen LogP contribution in [0.2, 0.25) is 0 Å². The SMILES string of the molecule is Cc1cc(C)c2c(C#N)c(C=O)n([C@@H]3CCCc4ccccc43)c2n1. The Morgan fingerprint density at radius 1 is 1.32 bits per heavy atom. The second-order valence-electron chi connectivity index (χ2n) is 6.75. The molecule has 3 aromatic rings. The molecule has 0 bridgehead atoms. The fourth-order valence-electron chi connectivity index (χ4n) is 4.20. The summed E-state index contributed by atoms with van der Waals surface area (Å²) in [6, 6.07) is 12.6. The first-order valence-electron chi connectivity index (χ1n) is 8.61. The van der Waals surface area contributed by atoms with Crippen LogP contribution in [0.3, 0.4) is 0 Å². The highest BCUT2D eigenvalue weighted by molar-refractivity contribution is 5.96. The average Bonchev–Trinajstić information content (AvgIpc) is 2.94. The highest BCUT2D eigenvalue weighted by Gasteiger charge is 2.28. The summed E-state index contributed by atoms with van der Waals surface area (Å²) >= 11 is 0. The number of carbonyl (C=O) groups is 1. The molecule has 0 spiro atoms. The molecule has 0 unspecified atom stereocenters. The van der Waals surface area contributed by atoms with Gasteiger partial charge < -0.3 is 4.57 Å². The maximum absolute atomic E-state index is 11.9. The summed E-state index contributed by atoms with van der Waals surface area (Å²) in [4.78, 5) is 16.6. The van der Waals surface area contributed by atoms with E-state index in [-0.39, 0.29) is 6.04 Å². The van der Waals surface area contributed by atoms with E-state index >= 15 is 0 Å². The third-order valence-corrected chi connectivity index (χ3v) is 5.19. The monoisotopic (exact) mass is 329 g/mol. The summed E-state index contributed by atoms with van der Waals surface area (Å²) in [5, 5.41) is 10.5. The van der Waals surface area contributed by atoms with E-state index in [1.165, 1.54) is 11.1 Å². The summed E-state index contributed by atoms with van der Waals surface area (Å²) in [7, 11) is 0. The molecule has 0 fully saturated rings. The predicted octanol–water partition coefficient (Wildman–Crippen LogP) is 4.26. The predicted molar refractivity (Wildman–Crippen MR) is 96.8 cm³/mol. The molecular formula is C21H19N3O. The number of aldehydes is 1. The molecule has 0 amide bonds. The standard InChI is InChI=1S/C21H19N3O/c1-13-10-14(2)23-21-20(13)17(11-22)19(12-25)24(21)18-9-5-7-15-6-3-4-8-16(15)18/h3-4,6,8,10,12,18H,5,7,9H2,1-2H3/t18-/m1/s1. The normalized spacial score (nSPS) is 16.4. The Morgan fingerprint density at radius 2 is 2.12 bits per heavy atom. The van der Waals surface area contributed by atoms with Crippen molar-refractivity contribution in [3.05, 3.63) is 64.0 Å². The number of fused-ring (bicyclic) bond motifs is 2. The second kappa shape index (κ2) is 5.86. The number of nitrogens with zero attached hydrogens (tertiary/aromatic N) is 3. The molecule has 1 aliphatic rings. The molecule has 1 aromatic carbocycles. The smallest absolute Gasteiger partial charge is 0.167 e. The highest BCUT2D eigenvalue weighted by Crippen LogP contribution is 2.38. The van der Waals surface area contributed by atoms with Gasteiger partial charge in [0.25, 0.3) is 0 Å². The van der Waals surface area contributed by atoms with Crippen molar-refractivity contribution < 1.29 is 4.79 Å². The maximum Gasteiger partial charge on any atom is 0.167 e. The van der Waals surface area contributed by atoms with E-state index in [9.17, 15) is 10.1 Å². The van der Waals surface area contributed by atoms with Crippen molar-refractivity contribution in [2.24, 2.45) is 0 Å². The molecule has 2 heterocycles. The Balaban J connectivity index is 2.10. The van der Waals surface area contributed by atoms with Crippen LogP contribution in [-0.4, -0.2) is 15.8 Å². The summed E-state index contributed by atoms with van der Waals surface area (Å²) < 4.78 is 2.00. The van der Waals surface area contributed by atoms with E-state index in [0.717, 1.165) is 47.8 Å². The number of nitriles is 1. The van der Waals surface area contributed by atoms with Gasteiger partial charge >= 0.3 is 0 Å². The van der Waals surface area contributed by atoms with Crippen molar-refractivity contribution >= 4 is 17.3 Å². The number of pyridine rings is 1. The largest absolute Gasteiger partial charge is 0.314 e. The van der Waals surface area contributed by atoms with Gasteiger partial charge in [-0.1, -0.05) is 24.3 Å². The lowest BCUT2D eigenvalue weighted by molar-refractivity contribution is 0.111. The van der Waals surface area contributed by atoms with Crippen molar-refractivity contribution in [2.45, 2.75) is 39.2 Å². The minimum atomic E-state index is 0.0449. The summed E-state index contributed by atoms with van der Waals surface area (Å²) in [6.07, 6.45) is 3.87. The van der Waals surface area contributed by atoms with Gasteiger partial charge in [-0.15, -0.1) is 0 Å². The third kappa shape index (κ3) is 2.27. The molecule has 25 heavy (non-hydrogen) atoms. The summed E-state index contributed by atoms with van der Waals surface area (Å²) in [5.74, 6) is 0. The van der Waals surface area contributed by atoms with Gasteiger partial charge in [-0.2, -0.15) is 5.26 Å². The topological polar surface area (TPSA) is 58.7 Å². The first-order chi connectivity index (χ1) is 12.2. The number of carbonyl (C=O) groups excluding carboxylic acids is 1. The molecule has 1 aliphatic carbocycles. The van der Waals surface area contributed by atoms with Crippen LogP contribution in [0.4, 0.5) is 0 Å². The van der Waals surface area contributed by atoms with Gasteiger partial charge in [-0.05, 0) is 55.9 Å². The van der Waals surface area contributed by atoms with Gasteiger partial charge in [0.05, 0.1) is 11.6 Å². The molecule has 4 nitrogen and oxygen atoms in total. The highest BCUT2D eigenvalue weighted by atomic mass is 16.1. The molecular weight excluding hydrogens is 310 g/mol. The first kappa shape index (κ1) is 15.6. The molecule has 0 aliphatic heterocycles. The van der Waals surface area contributed by atoms with Gasteiger partial charge in [-0.3, -0.25) is 4.79 Å². The van der Waals surface area contributed by atoms with Crippen molar-refractivity contribution in [1.29, 1.82) is 5.26 Å². The van der Waals surface area contributed by atoms with Crippen LogP contribution in [0.25, 0.3) is 11.0 Å². The lowest BCUT2D eigenvalue weighted by Crippen LogP contribution is -2.19. The summed E-state index contributed by atoms with van der Waals surface area (Å²) in [6.45, 7) is 3.93. The number of hydrogen-bond acceptors (Lipinski definition) is 3. The van der Waals surface area contributed by atoms with Gasteiger partial charge in [0.15, 0.2) is 6.29 Å². The number of hydrogen-bond donors (Lipinski definition) is 0. The van der Waals surface area contributed by atoms with Gasteiger partial charge in [0.2, 0.25) is 0 Å². The quantitative estimate of drug-likeness (QED) is 0.660. The van der Waals surface area contributed by atoms with Crippen LogP contribution in [0.5, 0.6) is 0 Å². The molecule has 0 saturated carbocycles. The van der Waals surface area contributed by atoms with E-state index in [1.807, 2.05) is 30.5 Å². The Kier molecular flexibility index (Phi) is 3.65. The van der Waals surface area contributed by atoms with Crippen LogP contribution in [-0.2, 0) is 6.42 Å². The van der Waals surface area contributed by atoms with Gasteiger partial charge in [-0.25, -0.2) is 4.98 Å². The van der Waals surface area contributed by atoms with Crippen molar-refractivity contribution in [3.8, 4) is 6.07 Å². The van der Waals surface area contributed by atoms with Crippen LogP contribution in [0, 0.1) is 25.2 Å². The third-order valence-electron chi connectivity index (χ3n) is 5.19. The van der Waals surface area contributed by atoms with E-state index in [2.05, 4.69) is 24.3 Å². The van der Waals surface area contributed by atoms with Crippen LogP contribution >= 0.6 is 0 Å². The van der Waals surface area contributed by atoms with Gasteiger partial charge in [0, 0.05) is 11.1 Å². The van der Waals surface area contributed by atoms with Gasteiger partial charge in [0.1, 0.15) is 17.4 Å². The molecule has 1 atom stereocenters. The van der Waals surface area contributed by atoms with E-state index in [4.69, 9.17) is 4.98 Å². The molecule has 4 rings (SSSR count). The van der Waals surface area contributed by atoms with Crippen LogP contribution in [0.15, 0.2) is 30.3 Å². The van der Waals surface area contributed by atoms with Crippen molar-refractivity contribution in [2.75, 3.05) is 0 Å². The first-order valence-corrected chi connectivity index (χ1v) is 8.61. The zero-order chi connectivity index (χ0) is 17.6. The van der Waals surface area contributed by atoms with Crippen LogP contribution < -0.4 is 0 Å². The molecule has 4 heteroatoms. The zero-order valence-corrected chi connectivity index (χ0v) is 14.4. The Bertz CT molecular complexity index is 1040. The maximum atomic E-state index is 11.9. The Labute approximate surface area is 146 Å². The lowest BCUT2D eigenvalue weighted by Gasteiger charge is -2.28. The second-order valence-corrected chi connectivity index (χ2v) is 6.75. The molecule has 0 saturated heterocycles. The minimum Gasteiger partial charge on any atom is -0.314 e. The lowest BCUT2D eigenvalue weighted by atomic mass is 9.87. The minimum absolute atomic E-state index is 0.0449. The average molecular weight is 329 g/mol. The Hall–Kier alpha value is -2.93. The number of rotatable bonds is 2. The summed E-state index contributed by atoms with van der Waals surface area (Å²) in [5.41, 5.74) is 6.08. The number of aryl methyl sites for hydroxylation is 3. The number of aromatic nitrogens is 2. The Morgan fingerprint density at radius 3 is 2.88 bits per heavy atom. The van der Waals surface area contributed by atoms with Crippen molar-refractivity contribution in [1.82, 2.24) is 9.55 Å². The molecule has 2 aromatic heterocycles. The fraction of sp³-hybridized carbons (Fsp3) is 0.286. The fourth-order valence-corrected chi connectivity index (χ4v) is 4.20. The molecule has 0 radical (unpaired) electrons. The van der Waals surface area contributed by atoms with E-state index in [1.54, 1.807) is 0 Å².